The summed E-state index contributed by atoms with van der Waals surface area (Å²) in [5.74, 6) is -2.40. The summed E-state index contributed by atoms with van der Waals surface area (Å²) in [7, 11) is 0. The molecule has 1 aliphatic heterocycles. The molecule has 1 unspecified atom stereocenters. The van der Waals surface area contributed by atoms with Gasteiger partial charge in [-0.15, -0.1) is 0 Å². The number of aliphatic carboxylic acids is 2. The van der Waals surface area contributed by atoms with Gasteiger partial charge < -0.3 is 30.5 Å². The van der Waals surface area contributed by atoms with E-state index in [1.807, 2.05) is 30.3 Å². The minimum atomic E-state index is -1.45. The Hall–Kier alpha value is -3.79. The maximum absolute atomic E-state index is 11.8. The Kier molecular flexibility index (Phi) is 7.35. The van der Waals surface area contributed by atoms with Gasteiger partial charge in [0.25, 0.3) is 0 Å². The van der Waals surface area contributed by atoms with E-state index in [1.165, 1.54) is 0 Å². The number of carboxylic acid groups (broad SMARTS) is 2. The second-order valence-corrected chi connectivity index (χ2v) is 9.05. The third-order valence-electron chi connectivity index (χ3n) is 6.49. The van der Waals surface area contributed by atoms with Gasteiger partial charge in [0, 0.05) is 35.2 Å². The topological polar surface area (TPSA) is 149 Å². The second-order valence-electron chi connectivity index (χ2n) is 9.05. The number of rotatable bonds is 9. The van der Waals surface area contributed by atoms with Crippen molar-refractivity contribution < 1.29 is 34.8 Å². The number of aliphatic hydroxyl groups is 2. The highest BCUT2D eigenvalue weighted by Crippen LogP contribution is 2.44. The molecule has 0 fully saturated rings. The van der Waals surface area contributed by atoms with Gasteiger partial charge in [-0.3, -0.25) is 4.98 Å². The standard InChI is InChI=1S/C27H28N2O7/c1-27(14-18(26(34)35)11-23(31)32)25(33)24(29-9-7-16-5-3-2-4-6-16)20-12-21-19(13-22(20)36-27)17(15-30)8-10-28-21/h2-6,8,10-13,24-25,29-30,33H,7,9,14-15H2,1H3,(H,31,32)(H,34,35)/b18-11-/t24-,25+,27?/m0/s1. The van der Waals surface area contributed by atoms with Gasteiger partial charge in [-0.2, -0.15) is 0 Å². The van der Waals surface area contributed by atoms with Crippen LogP contribution in [0.4, 0.5) is 0 Å². The molecule has 5 N–H and O–H groups in total. The number of aliphatic hydroxyl groups excluding tert-OH is 2. The Morgan fingerprint density at radius 3 is 2.58 bits per heavy atom. The molecule has 0 amide bonds. The maximum atomic E-state index is 11.8. The third kappa shape index (κ3) is 5.23. The molecule has 0 saturated heterocycles. The normalized spacial score (nSPS) is 21.6. The predicted octanol–water partition coefficient (Wildman–Crippen LogP) is 2.60. The van der Waals surface area contributed by atoms with Crippen LogP contribution in [0.25, 0.3) is 10.9 Å². The predicted molar refractivity (Wildman–Crippen MR) is 132 cm³/mol. The number of nitrogens with one attached hydrogen (secondary N) is 1. The van der Waals surface area contributed by atoms with Crippen molar-refractivity contribution in [1.82, 2.24) is 10.3 Å². The van der Waals surface area contributed by atoms with Gasteiger partial charge in [0.15, 0.2) is 0 Å². The van der Waals surface area contributed by atoms with E-state index >= 15 is 0 Å². The first-order valence-electron chi connectivity index (χ1n) is 11.6. The van der Waals surface area contributed by atoms with Crippen molar-refractivity contribution >= 4 is 22.8 Å². The lowest BCUT2D eigenvalue weighted by Gasteiger charge is -2.44. The average molecular weight is 493 g/mol. The van der Waals surface area contributed by atoms with Gasteiger partial charge in [0.05, 0.1) is 18.2 Å². The fourth-order valence-electron chi connectivity index (χ4n) is 4.64. The molecule has 3 atom stereocenters. The lowest BCUT2D eigenvalue weighted by molar-refractivity contribution is -0.136. The average Bonchev–Trinajstić information content (AvgIpc) is 2.85. The number of carboxylic acids is 2. The van der Waals surface area contributed by atoms with Crippen molar-refractivity contribution in [3.05, 3.63) is 83.1 Å². The highest BCUT2D eigenvalue weighted by Gasteiger charge is 2.47. The van der Waals surface area contributed by atoms with Gasteiger partial charge in [-0.05, 0) is 49.2 Å². The first-order chi connectivity index (χ1) is 17.2. The van der Waals surface area contributed by atoms with E-state index in [0.29, 0.717) is 46.8 Å². The maximum Gasteiger partial charge on any atom is 0.331 e. The van der Waals surface area contributed by atoms with Crippen LogP contribution in [0.5, 0.6) is 5.75 Å². The third-order valence-corrected chi connectivity index (χ3v) is 6.49. The lowest BCUT2D eigenvalue weighted by Crippen LogP contribution is -2.55. The summed E-state index contributed by atoms with van der Waals surface area (Å²) in [5.41, 5.74) is 1.17. The van der Waals surface area contributed by atoms with Crippen LogP contribution in [0.15, 0.2) is 66.4 Å². The molecule has 9 heteroatoms. The fraction of sp³-hybridized carbons (Fsp3) is 0.296. The van der Waals surface area contributed by atoms with Crippen molar-refractivity contribution in [3.63, 3.8) is 0 Å². The molecule has 0 spiro atoms. The molecule has 1 aromatic heterocycles. The van der Waals surface area contributed by atoms with Gasteiger partial charge in [0.2, 0.25) is 0 Å². The molecule has 36 heavy (non-hydrogen) atoms. The van der Waals surface area contributed by atoms with Gasteiger partial charge >= 0.3 is 11.9 Å². The second kappa shape index (κ2) is 10.4. The smallest absolute Gasteiger partial charge is 0.331 e. The van der Waals surface area contributed by atoms with E-state index in [9.17, 15) is 24.9 Å². The molecule has 188 valence electrons. The lowest BCUT2D eigenvalue weighted by atomic mass is 9.80. The van der Waals surface area contributed by atoms with E-state index < -0.39 is 35.3 Å². The van der Waals surface area contributed by atoms with Crippen molar-refractivity contribution in [1.29, 1.82) is 0 Å². The van der Waals surface area contributed by atoms with E-state index in [-0.39, 0.29) is 13.0 Å². The van der Waals surface area contributed by atoms with E-state index in [2.05, 4.69) is 10.3 Å². The molecule has 0 saturated carbocycles. The number of nitrogens with zero attached hydrogens (tertiary/aromatic N) is 1. The van der Waals surface area contributed by atoms with Crippen molar-refractivity contribution in [3.8, 4) is 5.75 Å². The van der Waals surface area contributed by atoms with Crippen molar-refractivity contribution in [2.45, 2.75) is 44.1 Å². The Morgan fingerprint density at radius 2 is 1.92 bits per heavy atom. The van der Waals surface area contributed by atoms with Crippen LogP contribution in [0.2, 0.25) is 0 Å². The Bertz CT molecular complexity index is 1310. The number of hydrogen-bond acceptors (Lipinski definition) is 7. The summed E-state index contributed by atoms with van der Waals surface area (Å²) in [5, 5.41) is 44.0. The minimum absolute atomic E-state index is 0.207. The quantitative estimate of drug-likeness (QED) is 0.284. The summed E-state index contributed by atoms with van der Waals surface area (Å²) in [6, 6.07) is 14.4. The molecule has 1 aliphatic rings. The van der Waals surface area contributed by atoms with Crippen LogP contribution in [-0.2, 0) is 22.6 Å². The number of pyridine rings is 1. The highest BCUT2D eigenvalue weighted by molar-refractivity contribution is 5.94. The number of aromatic nitrogens is 1. The summed E-state index contributed by atoms with van der Waals surface area (Å²) < 4.78 is 6.20. The van der Waals surface area contributed by atoms with Gasteiger partial charge in [-0.1, -0.05) is 30.3 Å². The molecular formula is C27H28N2O7. The van der Waals surface area contributed by atoms with Crippen LogP contribution in [-0.4, -0.2) is 55.6 Å². The van der Waals surface area contributed by atoms with Crippen LogP contribution in [0.1, 0.15) is 36.1 Å². The number of ether oxygens (including phenoxy) is 1. The van der Waals surface area contributed by atoms with Gasteiger partial charge in [-0.25, -0.2) is 9.59 Å². The first-order valence-corrected chi connectivity index (χ1v) is 11.6. The van der Waals surface area contributed by atoms with Gasteiger partial charge in [0.1, 0.15) is 17.5 Å². The molecular weight excluding hydrogens is 464 g/mol. The van der Waals surface area contributed by atoms with Crippen molar-refractivity contribution in [2.75, 3.05) is 6.54 Å². The zero-order valence-electron chi connectivity index (χ0n) is 19.7. The Balaban J connectivity index is 1.74. The summed E-state index contributed by atoms with van der Waals surface area (Å²) >= 11 is 0. The molecule has 9 nitrogen and oxygen atoms in total. The van der Waals surface area contributed by atoms with Crippen LogP contribution < -0.4 is 10.1 Å². The fourth-order valence-corrected chi connectivity index (χ4v) is 4.64. The molecule has 2 heterocycles. The zero-order valence-corrected chi connectivity index (χ0v) is 19.7. The van der Waals surface area contributed by atoms with Crippen molar-refractivity contribution in [2.24, 2.45) is 0 Å². The number of hydrogen-bond donors (Lipinski definition) is 5. The SMILES string of the molecule is CC1(C/C(=C/C(=O)O)C(=O)O)Oc2cc3c(CO)ccnc3cc2[C@H](NCCc2ccccc2)[C@H]1O. The molecule has 4 rings (SSSR count). The van der Waals surface area contributed by atoms with Crippen LogP contribution in [0, 0.1) is 0 Å². The minimum Gasteiger partial charge on any atom is -0.484 e. The molecule has 0 radical (unpaired) electrons. The van der Waals surface area contributed by atoms with E-state index in [0.717, 1.165) is 5.56 Å². The summed E-state index contributed by atoms with van der Waals surface area (Å²) in [4.78, 5) is 27.4. The van der Waals surface area contributed by atoms with Crippen LogP contribution >= 0.6 is 0 Å². The molecule has 0 aliphatic carbocycles. The number of fused-ring (bicyclic) bond motifs is 2. The number of benzene rings is 2. The number of carbonyl (C=O) groups is 2. The molecule has 2 aromatic carbocycles. The largest absolute Gasteiger partial charge is 0.484 e. The monoisotopic (exact) mass is 492 g/mol. The zero-order chi connectivity index (χ0) is 25.9. The summed E-state index contributed by atoms with van der Waals surface area (Å²) in [6.45, 7) is 1.87. The molecule has 0 bridgehead atoms. The summed E-state index contributed by atoms with van der Waals surface area (Å²) in [6.07, 6.45) is 1.35. The first kappa shape index (κ1) is 25.3. The van der Waals surface area contributed by atoms with E-state index in [4.69, 9.17) is 9.84 Å². The van der Waals surface area contributed by atoms with Crippen LogP contribution in [0.3, 0.4) is 0 Å². The highest BCUT2D eigenvalue weighted by atomic mass is 16.5. The molecule has 3 aromatic rings. The Labute approximate surface area is 207 Å². The Morgan fingerprint density at radius 1 is 1.17 bits per heavy atom. The van der Waals surface area contributed by atoms with E-state index in [1.54, 1.807) is 31.3 Å².